The molecule has 0 spiro atoms. The predicted molar refractivity (Wildman–Crippen MR) is 49.8 cm³/mol. The van der Waals surface area contributed by atoms with E-state index in [-0.39, 0.29) is 23.5 Å². The lowest BCUT2D eigenvalue weighted by molar-refractivity contribution is -0.129. The third kappa shape index (κ3) is 1.62. The fourth-order valence-electron chi connectivity index (χ4n) is 1.42. The molecule has 0 saturated heterocycles. The largest absolute Gasteiger partial charge is 0.486 e. The Labute approximate surface area is 81.7 Å². The standard InChI is InChI=1S/C11H11FO2/c1-7-3-2-4-10(11(7)12)14-9-5-8(13)6-9/h2-4,9H,5-6H2,1H3. The summed E-state index contributed by atoms with van der Waals surface area (Å²) in [6, 6.07) is 5.02. The number of halogens is 1. The van der Waals surface area contributed by atoms with Crippen LogP contribution in [0.25, 0.3) is 0 Å². The van der Waals surface area contributed by atoms with E-state index in [0.717, 1.165) is 0 Å². The van der Waals surface area contributed by atoms with Crippen molar-refractivity contribution in [3.63, 3.8) is 0 Å². The Kier molecular flexibility index (Phi) is 2.23. The van der Waals surface area contributed by atoms with Gasteiger partial charge in [0.25, 0.3) is 0 Å². The van der Waals surface area contributed by atoms with Crippen molar-refractivity contribution in [3.8, 4) is 5.75 Å². The molecule has 3 heteroatoms. The Hall–Kier alpha value is -1.38. The zero-order chi connectivity index (χ0) is 10.1. The first-order valence-electron chi connectivity index (χ1n) is 4.60. The lowest BCUT2D eigenvalue weighted by Gasteiger charge is -2.25. The number of carbonyl (C=O) groups is 1. The van der Waals surface area contributed by atoms with Gasteiger partial charge in [-0.1, -0.05) is 12.1 Å². The minimum Gasteiger partial charge on any atom is -0.486 e. The maximum absolute atomic E-state index is 13.4. The maximum atomic E-state index is 13.4. The zero-order valence-electron chi connectivity index (χ0n) is 7.92. The fourth-order valence-corrected chi connectivity index (χ4v) is 1.42. The van der Waals surface area contributed by atoms with E-state index in [2.05, 4.69) is 0 Å². The minimum atomic E-state index is -0.327. The summed E-state index contributed by atoms with van der Waals surface area (Å²) in [6.07, 6.45) is 0.694. The van der Waals surface area contributed by atoms with Crippen LogP contribution in [-0.4, -0.2) is 11.9 Å². The first-order chi connectivity index (χ1) is 6.66. The number of carbonyl (C=O) groups excluding carboxylic acids is 1. The third-order valence-electron chi connectivity index (χ3n) is 2.36. The number of ketones is 1. The van der Waals surface area contributed by atoms with Gasteiger partial charge in [-0.25, -0.2) is 4.39 Å². The number of ether oxygens (including phenoxy) is 1. The first-order valence-corrected chi connectivity index (χ1v) is 4.60. The van der Waals surface area contributed by atoms with Gasteiger partial charge in [0, 0.05) is 12.8 Å². The lowest BCUT2D eigenvalue weighted by atomic mass is 9.94. The molecule has 2 nitrogen and oxygen atoms in total. The Bertz CT molecular complexity index is 366. The van der Waals surface area contributed by atoms with Gasteiger partial charge < -0.3 is 4.74 Å². The van der Waals surface area contributed by atoms with Crippen molar-refractivity contribution >= 4 is 5.78 Å². The molecule has 0 bridgehead atoms. The normalized spacial score (nSPS) is 16.6. The van der Waals surface area contributed by atoms with Crippen LogP contribution in [0.3, 0.4) is 0 Å². The fraction of sp³-hybridized carbons (Fsp3) is 0.364. The molecule has 0 unspecified atom stereocenters. The van der Waals surface area contributed by atoms with Crippen molar-refractivity contribution in [2.24, 2.45) is 0 Å². The summed E-state index contributed by atoms with van der Waals surface area (Å²) in [5, 5.41) is 0. The number of benzene rings is 1. The smallest absolute Gasteiger partial charge is 0.167 e. The topological polar surface area (TPSA) is 26.3 Å². The molecule has 1 aromatic carbocycles. The van der Waals surface area contributed by atoms with Gasteiger partial charge in [0.05, 0.1) is 0 Å². The molecular weight excluding hydrogens is 183 g/mol. The Balaban J connectivity index is 2.09. The van der Waals surface area contributed by atoms with Crippen molar-refractivity contribution in [2.75, 3.05) is 0 Å². The Morgan fingerprint density at radius 1 is 1.43 bits per heavy atom. The zero-order valence-corrected chi connectivity index (χ0v) is 7.92. The summed E-state index contributed by atoms with van der Waals surface area (Å²) in [5.41, 5.74) is 0.563. The highest BCUT2D eigenvalue weighted by molar-refractivity contribution is 5.85. The Morgan fingerprint density at radius 2 is 2.14 bits per heavy atom. The molecule has 0 aliphatic heterocycles. The number of hydrogen-bond acceptors (Lipinski definition) is 2. The summed E-state index contributed by atoms with van der Waals surface area (Å²) in [7, 11) is 0. The van der Waals surface area contributed by atoms with Crippen molar-refractivity contribution in [2.45, 2.75) is 25.9 Å². The van der Waals surface area contributed by atoms with Crippen LogP contribution in [-0.2, 0) is 4.79 Å². The van der Waals surface area contributed by atoms with E-state index in [0.29, 0.717) is 18.4 Å². The molecule has 1 aromatic rings. The van der Waals surface area contributed by atoms with Gasteiger partial charge in [0.15, 0.2) is 11.6 Å². The second kappa shape index (κ2) is 3.40. The highest BCUT2D eigenvalue weighted by Gasteiger charge is 2.29. The molecule has 0 N–H and O–H groups in total. The lowest BCUT2D eigenvalue weighted by Crippen LogP contribution is -2.34. The summed E-state index contributed by atoms with van der Waals surface area (Å²) < 4.78 is 18.7. The number of hydrogen-bond donors (Lipinski definition) is 0. The molecule has 1 saturated carbocycles. The van der Waals surface area contributed by atoms with Gasteiger partial charge in [-0.15, -0.1) is 0 Å². The van der Waals surface area contributed by atoms with Crippen LogP contribution in [0.5, 0.6) is 5.75 Å². The van der Waals surface area contributed by atoms with Crippen LogP contribution in [0.4, 0.5) is 4.39 Å². The van der Waals surface area contributed by atoms with Gasteiger partial charge in [-0.3, -0.25) is 4.79 Å². The van der Waals surface area contributed by atoms with Crippen LogP contribution < -0.4 is 4.74 Å². The average Bonchev–Trinajstić information content (AvgIpc) is 2.10. The summed E-state index contributed by atoms with van der Waals surface area (Å²) in [5.74, 6) is 0.109. The van der Waals surface area contributed by atoms with Crippen molar-refractivity contribution in [1.29, 1.82) is 0 Å². The molecule has 0 radical (unpaired) electrons. The van der Waals surface area contributed by atoms with E-state index < -0.39 is 0 Å². The number of aryl methyl sites for hydroxylation is 1. The van der Waals surface area contributed by atoms with Crippen LogP contribution >= 0.6 is 0 Å². The first kappa shape index (κ1) is 9.19. The molecule has 1 aliphatic rings. The molecule has 14 heavy (non-hydrogen) atoms. The molecule has 0 aromatic heterocycles. The molecule has 0 atom stereocenters. The number of Topliss-reactive ketones (excluding diaryl/α,β-unsaturated/α-hetero) is 1. The third-order valence-corrected chi connectivity index (χ3v) is 2.36. The molecule has 0 heterocycles. The average molecular weight is 194 g/mol. The van der Waals surface area contributed by atoms with Gasteiger partial charge >= 0.3 is 0 Å². The van der Waals surface area contributed by atoms with E-state index >= 15 is 0 Å². The summed E-state index contributed by atoms with van der Waals surface area (Å²) in [6.45, 7) is 1.69. The Morgan fingerprint density at radius 3 is 2.79 bits per heavy atom. The van der Waals surface area contributed by atoms with Gasteiger partial charge in [-0.05, 0) is 18.6 Å². The summed E-state index contributed by atoms with van der Waals surface area (Å²) >= 11 is 0. The van der Waals surface area contributed by atoms with Crippen molar-refractivity contribution in [3.05, 3.63) is 29.6 Å². The van der Waals surface area contributed by atoms with E-state index in [1.807, 2.05) is 0 Å². The predicted octanol–water partition coefficient (Wildman–Crippen LogP) is 2.24. The second-order valence-electron chi connectivity index (χ2n) is 3.57. The van der Waals surface area contributed by atoms with Gasteiger partial charge in [-0.2, -0.15) is 0 Å². The van der Waals surface area contributed by atoms with Crippen LogP contribution in [0.1, 0.15) is 18.4 Å². The van der Waals surface area contributed by atoms with Crippen LogP contribution in [0, 0.1) is 12.7 Å². The quantitative estimate of drug-likeness (QED) is 0.721. The van der Waals surface area contributed by atoms with Crippen LogP contribution in [0.2, 0.25) is 0 Å². The van der Waals surface area contributed by atoms with Gasteiger partial charge in [0.2, 0.25) is 0 Å². The number of rotatable bonds is 2. The summed E-state index contributed by atoms with van der Waals surface area (Å²) in [4.78, 5) is 10.7. The van der Waals surface area contributed by atoms with E-state index in [1.54, 1.807) is 25.1 Å². The van der Waals surface area contributed by atoms with E-state index in [9.17, 15) is 9.18 Å². The van der Waals surface area contributed by atoms with E-state index in [4.69, 9.17) is 4.74 Å². The molecule has 74 valence electrons. The van der Waals surface area contributed by atoms with Crippen molar-refractivity contribution in [1.82, 2.24) is 0 Å². The van der Waals surface area contributed by atoms with Gasteiger partial charge in [0.1, 0.15) is 11.9 Å². The van der Waals surface area contributed by atoms with Crippen molar-refractivity contribution < 1.29 is 13.9 Å². The maximum Gasteiger partial charge on any atom is 0.167 e. The highest BCUT2D eigenvalue weighted by atomic mass is 19.1. The molecule has 2 rings (SSSR count). The second-order valence-corrected chi connectivity index (χ2v) is 3.57. The minimum absolute atomic E-state index is 0.126. The van der Waals surface area contributed by atoms with Crippen LogP contribution in [0.15, 0.2) is 18.2 Å². The highest BCUT2D eigenvalue weighted by Crippen LogP contribution is 2.26. The molecule has 1 fully saturated rings. The SMILES string of the molecule is Cc1cccc(OC2CC(=O)C2)c1F. The monoisotopic (exact) mass is 194 g/mol. The van der Waals surface area contributed by atoms with E-state index in [1.165, 1.54) is 0 Å². The molecule has 0 amide bonds. The molecular formula is C11H11FO2. The molecule has 1 aliphatic carbocycles.